The van der Waals surface area contributed by atoms with Crippen molar-refractivity contribution in [3.8, 4) is 17.2 Å². The largest absolute Gasteiger partial charge is 0.506 e. The number of phenols is 1. The van der Waals surface area contributed by atoms with Crippen LogP contribution in [0.4, 0.5) is 5.69 Å². The molecule has 9 nitrogen and oxygen atoms in total. The van der Waals surface area contributed by atoms with Crippen LogP contribution in [0.25, 0.3) is 0 Å². The van der Waals surface area contributed by atoms with Crippen molar-refractivity contribution in [2.24, 2.45) is 5.14 Å². The molecular formula is C16H16N2O7S. The molecule has 0 aromatic heterocycles. The highest BCUT2D eigenvalue weighted by molar-refractivity contribution is 7.89. The van der Waals surface area contributed by atoms with Gasteiger partial charge >= 0.3 is 5.97 Å². The molecule has 2 aromatic carbocycles. The van der Waals surface area contributed by atoms with Crippen molar-refractivity contribution in [2.75, 3.05) is 19.5 Å². The summed E-state index contributed by atoms with van der Waals surface area (Å²) in [6.07, 6.45) is -0.959. The van der Waals surface area contributed by atoms with Gasteiger partial charge in [0.25, 0.3) is 0 Å². The Labute approximate surface area is 149 Å². The molecule has 0 fully saturated rings. The van der Waals surface area contributed by atoms with Gasteiger partial charge in [0.2, 0.25) is 16.3 Å². The molecule has 138 valence electrons. The van der Waals surface area contributed by atoms with E-state index in [9.17, 15) is 18.3 Å². The second kappa shape index (κ2) is 6.39. The zero-order valence-corrected chi connectivity index (χ0v) is 14.7. The average molecular weight is 380 g/mol. The minimum Gasteiger partial charge on any atom is -0.506 e. The van der Waals surface area contributed by atoms with Crippen molar-refractivity contribution in [3.05, 3.63) is 41.5 Å². The molecule has 2 aromatic rings. The Morgan fingerprint density at radius 1 is 1.19 bits per heavy atom. The van der Waals surface area contributed by atoms with Crippen molar-refractivity contribution in [1.29, 1.82) is 0 Å². The molecule has 26 heavy (non-hydrogen) atoms. The number of hydrogen-bond donors (Lipinski definition) is 3. The number of nitrogens with one attached hydrogen (secondary N) is 1. The van der Waals surface area contributed by atoms with Crippen molar-refractivity contribution in [1.82, 2.24) is 0 Å². The first kappa shape index (κ1) is 17.8. The third-order valence-corrected chi connectivity index (χ3v) is 4.78. The molecule has 10 heteroatoms. The second-order valence-electron chi connectivity index (χ2n) is 5.42. The summed E-state index contributed by atoms with van der Waals surface area (Å²) < 4.78 is 38.7. The Kier molecular flexibility index (Phi) is 4.38. The number of cyclic esters (lactones) is 1. The molecule has 0 radical (unpaired) electrons. The van der Waals surface area contributed by atoms with Crippen LogP contribution in [0.1, 0.15) is 22.1 Å². The zero-order chi connectivity index (χ0) is 19.1. The van der Waals surface area contributed by atoms with E-state index in [1.807, 2.05) is 0 Å². The number of carbonyl (C=O) groups excluding carboxylic acids is 1. The summed E-state index contributed by atoms with van der Waals surface area (Å²) in [5.74, 6) is -0.289. The second-order valence-corrected chi connectivity index (χ2v) is 6.98. The monoisotopic (exact) mass is 380 g/mol. The van der Waals surface area contributed by atoms with Gasteiger partial charge in [-0.3, -0.25) is 0 Å². The Bertz CT molecular complexity index is 988. The summed E-state index contributed by atoms with van der Waals surface area (Å²) in [5, 5.41) is 17.9. The van der Waals surface area contributed by atoms with Crippen molar-refractivity contribution in [3.63, 3.8) is 0 Å². The van der Waals surface area contributed by atoms with Gasteiger partial charge in [-0.2, -0.15) is 0 Å². The smallest absolute Gasteiger partial charge is 0.344 e. The third kappa shape index (κ3) is 3.00. The van der Waals surface area contributed by atoms with E-state index in [-0.39, 0.29) is 27.6 Å². The minimum absolute atomic E-state index is 0.0389. The lowest BCUT2D eigenvalue weighted by atomic mass is 10.1. The topological polar surface area (TPSA) is 137 Å². The first-order valence-corrected chi connectivity index (χ1v) is 8.89. The van der Waals surface area contributed by atoms with Crippen LogP contribution >= 0.6 is 0 Å². The molecule has 1 heterocycles. The van der Waals surface area contributed by atoms with Crippen LogP contribution in [-0.2, 0) is 14.8 Å². The summed E-state index contributed by atoms with van der Waals surface area (Å²) in [6.45, 7) is 0. The third-order valence-electron chi connectivity index (χ3n) is 3.87. The molecule has 0 spiro atoms. The Morgan fingerprint density at radius 3 is 2.54 bits per heavy atom. The number of fused-ring (bicyclic) bond motifs is 1. The Balaban J connectivity index is 2.02. The van der Waals surface area contributed by atoms with E-state index < -0.39 is 22.2 Å². The molecule has 1 atom stereocenters. The van der Waals surface area contributed by atoms with Gasteiger partial charge in [0, 0.05) is 5.56 Å². The number of anilines is 1. The standard InChI is InChI=1S/C16H16N2O7S/c1-23-12-6-4-9-13(14(12)24-2)16(20)25-15(9)18-10-7-8(26(17,21)22)3-5-11(10)19/h3-7,15,18-19H,1-2H3,(H2,17,21,22)/t15-/m0/s1. The summed E-state index contributed by atoms with van der Waals surface area (Å²) in [7, 11) is -1.12. The maximum atomic E-state index is 12.2. The van der Waals surface area contributed by atoms with Gasteiger partial charge in [0.1, 0.15) is 11.3 Å². The molecule has 1 aliphatic heterocycles. The summed E-state index contributed by atoms with van der Waals surface area (Å²) >= 11 is 0. The number of primary sulfonamides is 1. The van der Waals surface area contributed by atoms with Crippen LogP contribution in [-0.4, -0.2) is 33.7 Å². The first-order chi connectivity index (χ1) is 12.3. The van der Waals surface area contributed by atoms with Crippen molar-refractivity contribution >= 4 is 21.7 Å². The predicted octanol–water partition coefficient (Wildman–Crippen LogP) is 1.34. The SMILES string of the molecule is COc1ccc2c(c1OC)C(=O)O[C@@H]2Nc1cc(S(N)(=O)=O)ccc1O. The van der Waals surface area contributed by atoms with E-state index in [4.69, 9.17) is 19.3 Å². The highest BCUT2D eigenvalue weighted by Crippen LogP contribution is 2.42. The van der Waals surface area contributed by atoms with E-state index in [1.165, 1.54) is 26.4 Å². The lowest BCUT2D eigenvalue weighted by molar-refractivity contribution is 0.0434. The number of esters is 1. The molecular weight excluding hydrogens is 364 g/mol. The molecule has 0 saturated carbocycles. The summed E-state index contributed by atoms with van der Waals surface area (Å²) in [4.78, 5) is 12.0. The molecule has 1 aliphatic rings. The number of ether oxygens (including phenoxy) is 3. The molecule has 0 saturated heterocycles. The molecule has 3 rings (SSSR count). The number of methoxy groups -OCH3 is 2. The number of hydrogen-bond acceptors (Lipinski definition) is 8. The quantitative estimate of drug-likeness (QED) is 0.522. The first-order valence-electron chi connectivity index (χ1n) is 7.34. The lowest BCUT2D eigenvalue weighted by Gasteiger charge is -2.16. The van der Waals surface area contributed by atoms with Gasteiger partial charge in [-0.25, -0.2) is 18.4 Å². The van der Waals surface area contributed by atoms with E-state index in [1.54, 1.807) is 12.1 Å². The molecule has 0 unspecified atom stereocenters. The highest BCUT2D eigenvalue weighted by atomic mass is 32.2. The Hall–Kier alpha value is -2.98. The summed E-state index contributed by atoms with van der Waals surface area (Å²) in [6, 6.07) is 6.71. The van der Waals surface area contributed by atoms with E-state index >= 15 is 0 Å². The normalized spacial score (nSPS) is 16.0. The van der Waals surface area contributed by atoms with Crippen LogP contribution in [0.2, 0.25) is 0 Å². The van der Waals surface area contributed by atoms with Crippen LogP contribution in [0, 0.1) is 0 Å². The van der Waals surface area contributed by atoms with Gasteiger partial charge in [0.05, 0.1) is 24.8 Å². The predicted molar refractivity (Wildman–Crippen MR) is 90.8 cm³/mol. The van der Waals surface area contributed by atoms with Gasteiger partial charge in [0.15, 0.2) is 11.5 Å². The lowest BCUT2D eigenvalue weighted by Crippen LogP contribution is -2.14. The van der Waals surface area contributed by atoms with Crippen LogP contribution in [0.5, 0.6) is 17.2 Å². The average Bonchev–Trinajstić information content (AvgIpc) is 2.91. The maximum absolute atomic E-state index is 12.2. The van der Waals surface area contributed by atoms with Crippen LogP contribution in [0.15, 0.2) is 35.2 Å². The number of rotatable bonds is 5. The van der Waals surface area contributed by atoms with E-state index in [2.05, 4.69) is 5.32 Å². The number of carbonyl (C=O) groups is 1. The fraction of sp³-hybridized carbons (Fsp3) is 0.188. The van der Waals surface area contributed by atoms with E-state index in [0.717, 1.165) is 6.07 Å². The maximum Gasteiger partial charge on any atom is 0.344 e. The van der Waals surface area contributed by atoms with Crippen molar-refractivity contribution in [2.45, 2.75) is 11.1 Å². The fourth-order valence-corrected chi connectivity index (χ4v) is 3.20. The molecule has 0 bridgehead atoms. The number of aromatic hydroxyl groups is 1. The number of nitrogens with two attached hydrogens (primary N) is 1. The van der Waals surface area contributed by atoms with E-state index in [0.29, 0.717) is 11.3 Å². The van der Waals surface area contributed by atoms with Gasteiger partial charge < -0.3 is 24.6 Å². The summed E-state index contributed by atoms with van der Waals surface area (Å²) in [5.41, 5.74) is 0.677. The van der Waals surface area contributed by atoms with Crippen LogP contribution in [0.3, 0.4) is 0 Å². The number of phenolic OH excluding ortho intramolecular Hbond substituents is 1. The van der Waals surface area contributed by atoms with Gasteiger partial charge in [-0.15, -0.1) is 0 Å². The number of sulfonamides is 1. The van der Waals surface area contributed by atoms with Gasteiger partial charge in [-0.1, -0.05) is 0 Å². The van der Waals surface area contributed by atoms with Gasteiger partial charge in [-0.05, 0) is 30.3 Å². The number of benzene rings is 2. The molecule has 4 N–H and O–H groups in total. The van der Waals surface area contributed by atoms with Crippen molar-refractivity contribution < 1.29 is 32.5 Å². The zero-order valence-electron chi connectivity index (χ0n) is 13.8. The van der Waals surface area contributed by atoms with Crippen LogP contribution < -0.4 is 19.9 Å². The highest BCUT2D eigenvalue weighted by Gasteiger charge is 2.36. The Morgan fingerprint density at radius 2 is 1.92 bits per heavy atom. The fourth-order valence-electron chi connectivity index (χ4n) is 2.66. The molecule has 0 aliphatic carbocycles. The molecule has 0 amide bonds. The minimum atomic E-state index is -3.96.